The average molecular weight is 258 g/mol. The van der Waals surface area contributed by atoms with Crippen LogP contribution in [0.2, 0.25) is 0 Å². The van der Waals surface area contributed by atoms with Crippen molar-refractivity contribution in [2.75, 3.05) is 20.3 Å². The van der Waals surface area contributed by atoms with E-state index in [-0.39, 0.29) is 18.0 Å². The number of Topliss-reactive ketones (excluding diaryl/α,β-unsaturated/α-hetero) is 1. The van der Waals surface area contributed by atoms with Crippen LogP contribution in [0, 0.1) is 0 Å². The third-order valence-corrected chi connectivity index (χ3v) is 2.07. The Morgan fingerprint density at radius 3 is 2.44 bits per heavy atom. The zero-order chi connectivity index (χ0) is 14.0. The Morgan fingerprint density at radius 2 is 1.89 bits per heavy atom. The molecule has 0 amide bonds. The first-order valence-electron chi connectivity index (χ1n) is 5.54. The van der Waals surface area contributed by atoms with Gasteiger partial charge in [-0.3, -0.25) is 9.59 Å². The number of hydrogen-bond donors (Lipinski definition) is 1. The standard InChI is InChI=1S/C12H18O6/c1-9(7-11(14)15)12(16)18-8-10(13)5-3-4-6-17-2/h1,3-8H2,2H3,(H,14,15). The van der Waals surface area contributed by atoms with Gasteiger partial charge in [0.2, 0.25) is 0 Å². The summed E-state index contributed by atoms with van der Waals surface area (Å²) in [5.74, 6) is -2.21. The Labute approximate surface area is 106 Å². The van der Waals surface area contributed by atoms with E-state index in [2.05, 4.69) is 11.3 Å². The van der Waals surface area contributed by atoms with Crippen molar-refractivity contribution in [2.45, 2.75) is 25.7 Å². The minimum absolute atomic E-state index is 0.172. The summed E-state index contributed by atoms with van der Waals surface area (Å²) >= 11 is 0. The predicted octanol–water partition coefficient (Wildman–Crippen LogP) is 0.946. The summed E-state index contributed by atoms with van der Waals surface area (Å²) in [5.41, 5.74) is -0.172. The number of rotatable bonds is 10. The van der Waals surface area contributed by atoms with Crippen molar-refractivity contribution >= 4 is 17.7 Å². The van der Waals surface area contributed by atoms with E-state index in [1.54, 1.807) is 7.11 Å². The molecule has 6 nitrogen and oxygen atoms in total. The van der Waals surface area contributed by atoms with E-state index in [1.807, 2.05) is 0 Å². The number of hydrogen-bond acceptors (Lipinski definition) is 5. The fourth-order valence-corrected chi connectivity index (χ4v) is 1.14. The molecular weight excluding hydrogens is 240 g/mol. The fraction of sp³-hybridized carbons (Fsp3) is 0.583. The molecule has 0 aliphatic carbocycles. The Kier molecular flexibility index (Phi) is 8.47. The van der Waals surface area contributed by atoms with Gasteiger partial charge in [-0.2, -0.15) is 0 Å². The van der Waals surface area contributed by atoms with Gasteiger partial charge in [0.25, 0.3) is 0 Å². The minimum Gasteiger partial charge on any atom is -0.481 e. The Bertz CT molecular complexity index is 321. The number of carboxylic acids is 1. The average Bonchev–Trinajstić information content (AvgIpc) is 2.30. The van der Waals surface area contributed by atoms with Crippen molar-refractivity contribution in [3.05, 3.63) is 12.2 Å². The summed E-state index contributed by atoms with van der Waals surface area (Å²) in [7, 11) is 1.58. The van der Waals surface area contributed by atoms with Gasteiger partial charge >= 0.3 is 11.9 Å². The lowest BCUT2D eigenvalue weighted by Gasteiger charge is -2.05. The second-order valence-corrected chi connectivity index (χ2v) is 3.74. The molecule has 0 atom stereocenters. The molecule has 0 radical (unpaired) electrons. The third-order valence-electron chi connectivity index (χ3n) is 2.07. The van der Waals surface area contributed by atoms with Crippen molar-refractivity contribution in [1.82, 2.24) is 0 Å². The van der Waals surface area contributed by atoms with Crippen LogP contribution < -0.4 is 0 Å². The zero-order valence-corrected chi connectivity index (χ0v) is 10.4. The van der Waals surface area contributed by atoms with Crippen LogP contribution >= 0.6 is 0 Å². The third kappa shape index (κ3) is 8.46. The molecule has 0 saturated heterocycles. The molecule has 0 spiro atoms. The van der Waals surface area contributed by atoms with Gasteiger partial charge in [-0.25, -0.2) is 4.79 Å². The quantitative estimate of drug-likeness (QED) is 0.356. The van der Waals surface area contributed by atoms with Crippen LogP contribution in [0.4, 0.5) is 0 Å². The van der Waals surface area contributed by atoms with Crippen molar-refractivity contribution in [3.63, 3.8) is 0 Å². The first kappa shape index (κ1) is 16.3. The molecule has 0 saturated carbocycles. The molecule has 0 aliphatic rings. The van der Waals surface area contributed by atoms with Crippen molar-refractivity contribution in [3.8, 4) is 0 Å². The zero-order valence-electron chi connectivity index (χ0n) is 10.4. The van der Waals surface area contributed by atoms with Gasteiger partial charge in [0.1, 0.15) is 6.61 Å². The van der Waals surface area contributed by atoms with Crippen LogP contribution in [0.1, 0.15) is 25.7 Å². The number of carbonyl (C=O) groups excluding carboxylic acids is 2. The van der Waals surface area contributed by atoms with E-state index in [0.717, 1.165) is 6.42 Å². The second-order valence-electron chi connectivity index (χ2n) is 3.74. The van der Waals surface area contributed by atoms with Gasteiger partial charge in [-0.05, 0) is 12.8 Å². The van der Waals surface area contributed by atoms with Gasteiger partial charge in [0.05, 0.1) is 6.42 Å². The molecule has 6 heteroatoms. The van der Waals surface area contributed by atoms with Crippen LogP contribution in [0.3, 0.4) is 0 Å². The summed E-state index contributed by atoms with van der Waals surface area (Å²) in [6.45, 7) is 3.52. The molecular formula is C12H18O6. The monoisotopic (exact) mass is 258 g/mol. The lowest BCUT2D eigenvalue weighted by atomic mass is 10.2. The highest BCUT2D eigenvalue weighted by atomic mass is 16.5. The summed E-state index contributed by atoms with van der Waals surface area (Å²) < 4.78 is 9.47. The van der Waals surface area contributed by atoms with Crippen molar-refractivity contribution < 1.29 is 29.0 Å². The van der Waals surface area contributed by atoms with Gasteiger partial charge in [0, 0.05) is 25.7 Å². The lowest BCUT2D eigenvalue weighted by molar-refractivity contribution is -0.145. The minimum atomic E-state index is -1.16. The first-order chi connectivity index (χ1) is 8.47. The van der Waals surface area contributed by atoms with E-state index >= 15 is 0 Å². The maximum absolute atomic E-state index is 11.3. The van der Waals surface area contributed by atoms with Gasteiger partial charge < -0.3 is 14.6 Å². The Morgan fingerprint density at radius 1 is 1.22 bits per heavy atom. The predicted molar refractivity (Wildman–Crippen MR) is 63.1 cm³/mol. The normalized spacial score (nSPS) is 9.83. The van der Waals surface area contributed by atoms with E-state index in [1.165, 1.54) is 0 Å². The number of unbranched alkanes of at least 4 members (excludes halogenated alkanes) is 1. The van der Waals surface area contributed by atoms with Crippen LogP contribution in [0.25, 0.3) is 0 Å². The second kappa shape index (κ2) is 9.35. The molecule has 0 heterocycles. The van der Waals surface area contributed by atoms with Crippen LogP contribution in [-0.2, 0) is 23.9 Å². The maximum atomic E-state index is 11.3. The number of ether oxygens (including phenoxy) is 2. The van der Waals surface area contributed by atoms with E-state index in [0.29, 0.717) is 19.4 Å². The van der Waals surface area contributed by atoms with Crippen LogP contribution in [0.15, 0.2) is 12.2 Å². The molecule has 1 N–H and O–H groups in total. The summed E-state index contributed by atoms with van der Waals surface area (Å²) in [6, 6.07) is 0. The molecule has 0 unspecified atom stereocenters. The maximum Gasteiger partial charge on any atom is 0.334 e. The molecule has 0 aliphatic heterocycles. The largest absolute Gasteiger partial charge is 0.481 e. The highest BCUT2D eigenvalue weighted by Gasteiger charge is 2.13. The van der Waals surface area contributed by atoms with Crippen molar-refractivity contribution in [1.29, 1.82) is 0 Å². The summed E-state index contributed by atoms with van der Waals surface area (Å²) in [6.07, 6.45) is 1.26. The fourth-order valence-electron chi connectivity index (χ4n) is 1.14. The van der Waals surface area contributed by atoms with Crippen molar-refractivity contribution in [2.24, 2.45) is 0 Å². The van der Waals surface area contributed by atoms with E-state index in [9.17, 15) is 14.4 Å². The van der Waals surface area contributed by atoms with Crippen LogP contribution in [-0.4, -0.2) is 43.2 Å². The molecule has 102 valence electrons. The number of aliphatic carboxylic acids is 1. The van der Waals surface area contributed by atoms with E-state index in [4.69, 9.17) is 9.84 Å². The molecule has 0 aromatic carbocycles. The Hall–Kier alpha value is -1.69. The summed E-state index contributed by atoms with van der Waals surface area (Å²) in [5, 5.41) is 8.43. The highest BCUT2D eigenvalue weighted by Crippen LogP contribution is 2.02. The number of methoxy groups -OCH3 is 1. The van der Waals surface area contributed by atoms with Gasteiger partial charge in [0.15, 0.2) is 5.78 Å². The number of esters is 1. The first-order valence-corrected chi connectivity index (χ1v) is 5.54. The summed E-state index contributed by atoms with van der Waals surface area (Å²) in [4.78, 5) is 32.8. The molecule has 0 aromatic heterocycles. The van der Waals surface area contributed by atoms with Crippen LogP contribution in [0.5, 0.6) is 0 Å². The molecule has 0 rings (SSSR count). The molecule has 0 aromatic rings. The number of carboxylic acid groups (broad SMARTS) is 1. The smallest absolute Gasteiger partial charge is 0.334 e. The molecule has 18 heavy (non-hydrogen) atoms. The Balaban J connectivity index is 3.74. The van der Waals surface area contributed by atoms with Gasteiger partial charge in [-0.1, -0.05) is 6.58 Å². The van der Waals surface area contributed by atoms with E-state index < -0.39 is 18.4 Å². The SMILES string of the molecule is C=C(CC(=O)O)C(=O)OCC(=O)CCCCOC. The number of ketones is 1. The molecule has 0 fully saturated rings. The van der Waals surface area contributed by atoms with Gasteiger partial charge in [-0.15, -0.1) is 0 Å². The lowest BCUT2D eigenvalue weighted by Crippen LogP contribution is -2.16. The molecule has 0 bridgehead atoms. The topological polar surface area (TPSA) is 89.9 Å². The highest BCUT2D eigenvalue weighted by molar-refractivity contribution is 5.94. The number of carbonyl (C=O) groups is 3.